The van der Waals surface area contributed by atoms with Crippen molar-refractivity contribution in [1.82, 2.24) is 10.2 Å². The van der Waals surface area contributed by atoms with Gasteiger partial charge in [0.25, 0.3) is 17.7 Å². The average Bonchev–Trinajstić information content (AvgIpc) is 3.12. The van der Waals surface area contributed by atoms with Gasteiger partial charge < -0.3 is 15.4 Å². The van der Waals surface area contributed by atoms with E-state index in [-0.39, 0.29) is 36.0 Å². The second-order valence-corrected chi connectivity index (χ2v) is 9.03. The minimum absolute atomic E-state index is 0.00103. The number of nitrogens with one attached hydrogen (secondary N) is 2. The van der Waals surface area contributed by atoms with Crippen molar-refractivity contribution >= 4 is 52.6 Å². The summed E-state index contributed by atoms with van der Waals surface area (Å²) in [5.74, 6) is -2.08. The van der Waals surface area contributed by atoms with Gasteiger partial charge in [0, 0.05) is 17.1 Å². The summed E-state index contributed by atoms with van der Waals surface area (Å²) in [7, 11) is 0. The van der Waals surface area contributed by atoms with Gasteiger partial charge in [-0.15, -0.1) is 0 Å². The van der Waals surface area contributed by atoms with Gasteiger partial charge >= 0.3 is 5.97 Å². The molecule has 4 rings (SSSR count). The number of hydrogen-bond acceptors (Lipinski definition) is 6. The molecule has 8 nitrogen and oxygen atoms in total. The molecule has 3 aromatic carbocycles. The first-order valence-corrected chi connectivity index (χ1v) is 12.5. The highest BCUT2D eigenvalue weighted by molar-refractivity contribution is 6.47. The third-order valence-electron chi connectivity index (χ3n) is 5.75. The fourth-order valence-electron chi connectivity index (χ4n) is 3.78. The van der Waals surface area contributed by atoms with Crippen LogP contribution in [-0.4, -0.2) is 35.2 Å². The zero-order valence-electron chi connectivity index (χ0n) is 20.3. The predicted octanol–water partition coefficient (Wildman–Crippen LogP) is 4.88. The van der Waals surface area contributed by atoms with E-state index in [0.29, 0.717) is 21.8 Å². The van der Waals surface area contributed by atoms with Crippen LogP contribution in [0, 0.1) is 0 Å². The molecule has 38 heavy (non-hydrogen) atoms. The fraction of sp³-hybridized carbons (Fsp3) is 0.143. The van der Waals surface area contributed by atoms with Crippen LogP contribution in [0.15, 0.2) is 83.5 Å². The SMILES string of the molecule is CCOC(=O)c1ccccc1NC(=O)c1ccc(CNC2=C(Cl)C(=O)N(Cc3ccccc3Cl)C2=O)cc1. The molecule has 194 valence electrons. The van der Waals surface area contributed by atoms with E-state index in [4.69, 9.17) is 27.9 Å². The molecule has 1 aliphatic heterocycles. The molecule has 0 unspecified atom stereocenters. The van der Waals surface area contributed by atoms with Gasteiger partial charge in [0.05, 0.1) is 24.4 Å². The standard InChI is InChI=1S/C28H23Cl2N3O5/c1-2-38-28(37)20-8-4-6-10-22(20)32-25(34)18-13-11-17(12-14-18)15-31-24-23(30)26(35)33(27(24)36)16-19-7-3-5-9-21(19)29/h3-14,31H,2,15-16H2,1H3,(H,32,34). The molecule has 0 aromatic heterocycles. The summed E-state index contributed by atoms with van der Waals surface area (Å²) in [6, 6.07) is 20.2. The maximum atomic E-state index is 12.9. The number of carbonyl (C=O) groups excluding carboxylic acids is 4. The number of esters is 1. The first kappa shape index (κ1) is 26.9. The number of nitrogens with zero attached hydrogens (tertiary/aromatic N) is 1. The van der Waals surface area contributed by atoms with Crippen molar-refractivity contribution in [2.45, 2.75) is 20.0 Å². The lowest BCUT2D eigenvalue weighted by atomic mass is 10.1. The van der Waals surface area contributed by atoms with Crippen molar-refractivity contribution in [3.05, 3.63) is 111 Å². The highest BCUT2D eigenvalue weighted by atomic mass is 35.5. The van der Waals surface area contributed by atoms with E-state index in [9.17, 15) is 19.2 Å². The van der Waals surface area contributed by atoms with Crippen LogP contribution >= 0.6 is 23.2 Å². The van der Waals surface area contributed by atoms with Crippen molar-refractivity contribution < 1.29 is 23.9 Å². The highest BCUT2D eigenvalue weighted by Crippen LogP contribution is 2.26. The molecular weight excluding hydrogens is 529 g/mol. The van der Waals surface area contributed by atoms with Crippen molar-refractivity contribution in [3.8, 4) is 0 Å². The molecule has 1 aliphatic rings. The summed E-state index contributed by atoms with van der Waals surface area (Å²) in [5.41, 5.74) is 2.33. The van der Waals surface area contributed by atoms with Crippen molar-refractivity contribution in [1.29, 1.82) is 0 Å². The Morgan fingerprint density at radius 3 is 2.29 bits per heavy atom. The smallest absolute Gasteiger partial charge is 0.340 e. The van der Waals surface area contributed by atoms with Gasteiger partial charge in [-0.3, -0.25) is 19.3 Å². The largest absolute Gasteiger partial charge is 0.462 e. The van der Waals surface area contributed by atoms with Crippen LogP contribution < -0.4 is 10.6 Å². The number of rotatable bonds is 9. The van der Waals surface area contributed by atoms with Crippen LogP contribution in [0.1, 0.15) is 38.8 Å². The van der Waals surface area contributed by atoms with Crippen LogP contribution in [0.2, 0.25) is 5.02 Å². The molecule has 0 radical (unpaired) electrons. The minimum Gasteiger partial charge on any atom is -0.462 e. The molecule has 1 heterocycles. The maximum Gasteiger partial charge on any atom is 0.340 e. The van der Waals surface area contributed by atoms with Gasteiger partial charge in [-0.05, 0) is 48.4 Å². The van der Waals surface area contributed by atoms with E-state index in [2.05, 4.69) is 10.6 Å². The number of hydrogen-bond donors (Lipinski definition) is 2. The van der Waals surface area contributed by atoms with Gasteiger partial charge in [-0.1, -0.05) is 65.7 Å². The number of halogens is 2. The van der Waals surface area contributed by atoms with Crippen molar-refractivity contribution in [2.75, 3.05) is 11.9 Å². The Kier molecular flexibility index (Phi) is 8.45. The summed E-state index contributed by atoms with van der Waals surface area (Å²) < 4.78 is 5.04. The summed E-state index contributed by atoms with van der Waals surface area (Å²) >= 11 is 12.3. The van der Waals surface area contributed by atoms with Crippen LogP contribution in [0.5, 0.6) is 0 Å². The first-order valence-electron chi connectivity index (χ1n) is 11.7. The third-order valence-corrected chi connectivity index (χ3v) is 6.47. The molecule has 0 atom stereocenters. The number of para-hydroxylation sites is 1. The van der Waals surface area contributed by atoms with E-state index >= 15 is 0 Å². The van der Waals surface area contributed by atoms with E-state index in [0.717, 1.165) is 10.5 Å². The molecule has 0 aliphatic carbocycles. The van der Waals surface area contributed by atoms with Crippen LogP contribution in [0.4, 0.5) is 5.69 Å². The van der Waals surface area contributed by atoms with E-state index < -0.39 is 23.7 Å². The predicted molar refractivity (Wildman–Crippen MR) is 144 cm³/mol. The quantitative estimate of drug-likeness (QED) is 0.290. The fourth-order valence-corrected chi connectivity index (χ4v) is 4.22. The molecule has 3 amide bonds. The second kappa shape index (κ2) is 11.9. The van der Waals surface area contributed by atoms with Crippen molar-refractivity contribution in [3.63, 3.8) is 0 Å². The summed E-state index contributed by atoms with van der Waals surface area (Å²) in [6.45, 7) is 2.12. The first-order chi connectivity index (χ1) is 18.3. The van der Waals surface area contributed by atoms with Gasteiger partial charge in [-0.2, -0.15) is 0 Å². The maximum absolute atomic E-state index is 12.9. The second-order valence-electron chi connectivity index (χ2n) is 8.25. The molecule has 2 N–H and O–H groups in total. The number of carbonyl (C=O) groups is 4. The topological polar surface area (TPSA) is 105 Å². The van der Waals surface area contributed by atoms with Gasteiger partial charge in [0.1, 0.15) is 10.7 Å². The monoisotopic (exact) mass is 551 g/mol. The molecule has 0 fully saturated rings. The van der Waals surface area contributed by atoms with Crippen LogP contribution in [-0.2, 0) is 27.4 Å². The average molecular weight is 552 g/mol. The minimum atomic E-state index is -0.603. The van der Waals surface area contributed by atoms with Crippen LogP contribution in [0.25, 0.3) is 0 Å². The number of amides is 3. The molecule has 3 aromatic rings. The lowest BCUT2D eigenvalue weighted by molar-refractivity contribution is -0.138. The Hall–Kier alpha value is -4.14. The molecule has 0 saturated heterocycles. The van der Waals surface area contributed by atoms with Crippen LogP contribution in [0.3, 0.4) is 0 Å². The van der Waals surface area contributed by atoms with Gasteiger partial charge in [0.15, 0.2) is 0 Å². The molecule has 0 spiro atoms. The number of benzene rings is 3. The third kappa shape index (κ3) is 5.88. The lowest BCUT2D eigenvalue weighted by Gasteiger charge is -2.16. The van der Waals surface area contributed by atoms with Gasteiger partial charge in [0.2, 0.25) is 0 Å². The van der Waals surface area contributed by atoms with E-state index in [1.54, 1.807) is 79.7 Å². The summed E-state index contributed by atoms with van der Waals surface area (Å²) in [4.78, 5) is 51.4. The van der Waals surface area contributed by atoms with E-state index in [1.807, 2.05) is 0 Å². The Balaban J connectivity index is 1.38. The molecular formula is C28H23Cl2N3O5. The highest BCUT2D eigenvalue weighted by Gasteiger charge is 2.37. The number of anilines is 1. The zero-order chi connectivity index (χ0) is 27.2. The molecule has 10 heteroatoms. The van der Waals surface area contributed by atoms with E-state index in [1.165, 1.54) is 0 Å². The number of imide groups is 1. The zero-order valence-corrected chi connectivity index (χ0v) is 21.8. The molecule has 0 bridgehead atoms. The van der Waals surface area contributed by atoms with Gasteiger partial charge in [-0.25, -0.2) is 4.79 Å². The molecule has 0 saturated carbocycles. The number of ether oxygens (including phenoxy) is 1. The Morgan fingerprint density at radius 2 is 1.58 bits per heavy atom. The Morgan fingerprint density at radius 1 is 0.895 bits per heavy atom. The Labute approximate surface area is 229 Å². The summed E-state index contributed by atoms with van der Waals surface area (Å²) in [6.07, 6.45) is 0. The lowest BCUT2D eigenvalue weighted by Crippen LogP contribution is -2.33. The summed E-state index contributed by atoms with van der Waals surface area (Å²) in [5, 5.41) is 5.91. The normalized spacial score (nSPS) is 13.1. The Bertz CT molecular complexity index is 1440. The van der Waals surface area contributed by atoms with Crippen molar-refractivity contribution in [2.24, 2.45) is 0 Å².